The predicted molar refractivity (Wildman–Crippen MR) is 67.9 cm³/mol. The smallest absolute Gasteiger partial charge is 0.400 e. The van der Waals surface area contributed by atoms with Gasteiger partial charge in [-0.3, -0.25) is 0 Å². The van der Waals surface area contributed by atoms with Gasteiger partial charge in [0.1, 0.15) is 5.92 Å². The number of nitrogens with zero attached hydrogens (tertiary/aromatic N) is 1. The first-order valence-corrected chi connectivity index (χ1v) is 5.74. The highest BCUT2D eigenvalue weighted by molar-refractivity contribution is 6.36. The van der Waals surface area contributed by atoms with Crippen LogP contribution >= 0.6 is 23.2 Å². The third-order valence-electron chi connectivity index (χ3n) is 2.30. The molecule has 0 spiro atoms. The summed E-state index contributed by atoms with van der Waals surface area (Å²) in [6.45, 7) is -0.610. The van der Waals surface area contributed by atoms with E-state index in [0.717, 1.165) is 0 Å². The molecule has 1 unspecified atom stereocenters. The second kappa shape index (κ2) is 6.21. The van der Waals surface area contributed by atoms with Crippen molar-refractivity contribution >= 4 is 34.7 Å². The van der Waals surface area contributed by atoms with Crippen molar-refractivity contribution in [3.05, 3.63) is 28.2 Å². The maximum Gasteiger partial charge on any atom is 0.400 e. The molecule has 0 aromatic heterocycles. The van der Waals surface area contributed by atoms with Crippen LogP contribution in [0.4, 0.5) is 18.9 Å². The minimum atomic E-state index is -4.64. The number of amidine groups is 1. The molecule has 1 rings (SSSR count). The normalized spacial score (nSPS) is 14.3. The van der Waals surface area contributed by atoms with Crippen LogP contribution in [0.2, 0.25) is 10.0 Å². The molecule has 0 saturated carbocycles. The van der Waals surface area contributed by atoms with Gasteiger partial charge in [-0.2, -0.15) is 13.2 Å². The number of hydrogen-bond donors (Lipinski definition) is 3. The van der Waals surface area contributed by atoms with Gasteiger partial charge in [0.25, 0.3) is 0 Å². The third kappa shape index (κ3) is 4.36. The van der Waals surface area contributed by atoms with E-state index in [0.29, 0.717) is 5.02 Å². The molecule has 1 aromatic rings. The van der Waals surface area contributed by atoms with Crippen molar-refractivity contribution in [2.45, 2.75) is 6.18 Å². The number of benzene rings is 1. The lowest BCUT2D eigenvalue weighted by Gasteiger charge is -2.20. The highest BCUT2D eigenvalue weighted by Gasteiger charge is 2.42. The van der Waals surface area contributed by atoms with Crippen LogP contribution in [-0.2, 0) is 0 Å². The van der Waals surface area contributed by atoms with Gasteiger partial charge < -0.3 is 16.3 Å². The summed E-state index contributed by atoms with van der Waals surface area (Å²) in [6, 6.07) is 4.30. The molecule has 0 fully saturated rings. The van der Waals surface area contributed by atoms with Crippen molar-refractivity contribution in [1.82, 2.24) is 0 Å². The Morgan fingerprint density at radius 2 is 2.05 bits per heavy atom. The van der Waals surface area contributed by atoms with Crippen LogP contribution in [-0.4, -0.2) is 23.8 Å². The fraction of sp³-hybridized carbons (Fsp3) is 0.300. The molecule has 0 heterocycles. The Kier molecular flexibility index (Phi) is 5.13. The van der Waals surface area contributed by atoms with Gasteiger partial charge in [-0.05, 0) is 18.2 Å². The maximum absolute atomic E-state index is 12.7. The molecule has 0 saturated heterocycles. The summed E-state index contributed by atoms with van der Waals surface area (Å²) in [5, 5.41) is 13.7. The summed E-state index contributed by atoms with van der Waals surface area (Å²) < 4.78 is 38.0. The van der Waals surface area contributed by atoms with E-state index in [1.807, 2.05) is 0 Å². The maximum atomic E-state index is 12.7. The Morgan fingerprint density at radius 3 is 2.53 bits per heavy atom. The van der Waals surface area contributed by atoms with E-state index in [9.17, 15) is 13.2 Å². The van der Waals surface area contributed by atoms with Crippen molar-refractivity contribution in [2.24, 2.45) is 16.8 Å². The van der Waals surface area contributed by atoms with Crippen LogP contribution in [0.5, 0.6) is 0 Å². The van der Waals surface area contributed by atoms with Gasteiger partial charge in [0.2, 0.25) is 0 Å². The molecule has 1 aromatic carbocycles. The van der Waals surface area contributed by atoms with Crippen LogP contribution in [0.1, 0.15) is 0 Å². The first-order chi connectivity index (χ1) is 8.75. The Balaban J connectivity index is 2.82. The summed E-state index contributed by atoms with van der Waals surface area (Å²) >= 11 is 11.5. The van der Waals surface area contributed by atoms with E-state index in [2.05, 4.69) is 10.5 Å². The number of anilines is 1. The highest BCUT2D eigenvalue weighted by atomic mass is 35.5. The van der Waals surface area contributed by atoms with E-state index in [1.165, 1.54) is 18.2 Å². The molecule has 106 valence electrons. The number of nitrogens with one attached hydrogen (secondary N) is 1. The van der Waals surface area contributed by atoms with E-state index >= 15 is 0 Å². The number of oxime groups is 1. The Bertz CT molecular complexity index is 480. The highest BCUT2D eigenvalue weighted by Crippen LogP contribution is 2.29. The van der Waals surface area contributed by atoms with Crippen LogP contribution in [0.3, 0.4) is 0 Å². The van der Waals surface area contributed by atoms with Crippen LogP contribution in [0.15, 0.2) is 23.4 Å². The van der Waals surface area contributed by atoms with Gasteiger partial charge in [-0.1, -0.05) is 28.4 Å². The molecule has 4 N–H and O–H groups in total. The first kappa shape index (κ1) is 15.7. The van der Waals surface area contributed by atoms with Gasteiger partial charge in [0.15, 0.2) is 5.84 Å². The van der Waals surface area contributed by atoms with Gasteiger partial charge in [0, 0.05) is 11.6 Å². The lowest BCUT2D eigenvalue weighted by molar-refractivity contribution is -0.152. The summed E-state index contributed by atoms with van der Waals surface area (Å²) in [6.07, 6.45) is -4.64. The molecular formula is C10H10Cl2F3N3O. The lowest BCUT2D eigenvalue weighted by Crippen LogP contribution is -2.40. The van der Waals surface area contributed by atoms with E-state index in [1.54, 1.807) is 0 Å². The molecule has 0 aliphatic heterocycles. The van der Waals surface area contributed by atoms with E-state index < -0.39 is 24.5 Å². The molecular weight excluding hydrogens is 306 g/mol. The minimum absolute atomic E-state index is 0.174. The second-order valence-corrected chi connectivity index (χ2v) is 4.47. The number of alkyl halides is 3. The lowest BCUT2D eigenvalue weighted by atomic mass is 10.1. The van der Waals surface area contributed by atoms with Crippen LogP contribution in [0.25, 0.3) is 0 Å². The molecule has 0 aliphatic rings. The number of rotatable bonds is 4. The van der Waals surface area contributed by atoms with Gasteiger partial charge in [-0.25, -0.2) is 0 Å². The molecule has 0 amide bonds. The van der Waals surface area contributed by atoms with Crippen LogP contribution < -0.4 is 11.1 Å². The van der Waals surface area contributed by atoms with Crippen molar-refractivity contribution in [1.29, 1.82) is 0 Å². The number of nitrogens with two attached hydrogens (primary N) is 1. The first-order valence-electron chi connectivity index (χ1n) is 4.98. The zero-order valence-electron chi connectivity index (χ0n) is 9.38. The Labute approximate surface area is 117 Å². The monoisotopic (exact) mass is 315 g/mol. The zero-order chi connectivity index (χ0) is 14.6. The van der Waals surface area contributed by atoms with Crippen LogP contribution in [0, 0.1) is 5.92 Å². The van der Waals surface area contributed by atoms with Crippen molar-refractivity contribution in [3.63, 3.8) is 0 Å². The fourth-order valence-electron chi connectivity index (χ4n) is 1.30. The van der Waals surface area contributed by atoms with Crippen molar-refractivity contribution < 1.29 is 18.4 Å². The zero-order valence-corrected chi connectivity index (χ0v) is 10.9. The molecule has 19 heavy (non-hydrogen) atoms. The Hall–Kier alpha value is -1.34. The third-order valence-corrected chi connectivity index (χ3v) is 2.84. The van der Waals surface area contributed by atoms with Crippen molar-refractivity contribution in [3.8, 4) is 0 Å². The second-order valence-electron chi connectivity index (χ2n) is 3.62. The molecule has 1 atom stereocenters. The Morgan fingerprint density at radius 1 is 1.42 bits per heavy atom. The van der Waals surface area contributed by atoms with E-state index in [4.69, 9.17) is 34.1 Å². The molecule has 0 bridgehead atoms. The summed E-state index contributed by atoms with van der Waals surface area (Å²) in [5.41, 5.74) is 5.29. The standard InChI is InChI=1S/C10H10Cl2F3N3O/c11-5-1-2-8(7(12)3-5)17-4-6(9(16)18-19)10(13,14)15/h1-3,6,17,19H,4H2,(H2,16,18). The molecule has 9 heteroatoms. The quantitative estimate of drug-likeness (QED) is 0.345. The molecule has 0 radical (unpaired) electrons. The molecule has 0 aliphatic carbocycles. The minimum Gasteiger partial charge on any atom is -0.409 e. The number of hydrogen-bond acceptors (Lipinski definition) is 3. The predicted octanol–water partition coefficient (Wildman–Crippen LogP) is 3.33. The van der Waals surface area contributed by atoms with Gasteiger partial charge in [-0.15, -0.1) is 0 Å². The summed E-state index contributed by atoms with van der Waals surface area (Å²) in [4.78, 5) is 0. The fourth-order valence-corrected chi connectivity index (χ4v) is 1.78. The van der Waals surface area contributed by atoms with E-state index in [-0.39, 0.29) is 10.7 Å². The topological polar surface area (TPSA) is 70.6 Å². The summed E-state index contributed by atoms with van der Waals surface area (Å²) in [7, 11) is 0. The number of halogens is 5. The summed E-state index contributed by atoms with van der Waals surface area (Å²) in [5.74, 6) is -3.05. The van der Waals surface area contributed by atoms with Gasteiger partial charge >= 0.3 is 6.18 Å². The SMILES string of the molecule is N/C(=N/O)C(CNc1ccc(Cl)cc1Cl)C(F)(F)F. The van der Waals surface area contributed by atoms with Gasteiger partial charge in [0.05, 0.1) is 10.7 Å². The largest absolute Gasteiger partial charge is 0.409 e. The van der Waals surface area contributed by atoms with Crippen molar-refractivity contribution in [2.75, 3.05) is 11.9 Å². The molecule has 4 nitrogen and oxygen atoms in total. The average molecular weight is 316 g/mol. The average Bonchev–Trinajstić information content (AvgIpc) is 2.29.